The van der Waals surface area contributed by atoms with E-state index in [-0.39, 0.29) is 29.6 Å². The van der Waals surface area contributed by atoms with Crippen LogP contribution in [0.4, 0.5) is 10.5 Å². The maximum absolute atomic E-state index is 14.1. The summed E-state index contributed by atoms with van der Waals surface area (Å²) < 4.78 is 0. The Morgan fingerprint density at radius 3 is 2.15 bits per heavy atom. The van der Waals surface area contributed by atoms with Crippen molar-refractivity contribution in [1.29, 1.82) is 0 Å². The van der Waals surface area contributed by atoms with E-state index in [0.717, 1.165) is 11.1 Å². The minimum absolute atomic E-state index is 0.0543. The quantitative estimate of drug-likeness (QED) is 0.332. The molecule has 3 aromatic rings. The van der Waals surface area contributed by atoms with Crippen molar-refractivity contribution in [3.05, 3.63) is 101 Å². The van der Waals surface area contributed by atoms with Crippen molar-refractivity contribution >= 4 is 35.1 Å². The van der Waals surface area contributed by atoms with Gasteiger partial charge < -0.3 is 10.6 Å². The lowest BCUT2D eigenvalue weighted by molar-refractivity contribution is -0.146. The number of rotatable bonds is 6. The third-order valence-corrected chi connectivity index (χ3v) is 6.89. The van der Waals surface area contributed by atoms with Gasteiger partial charge in [-0.05, 0) is 53.5 Å². The fourth-order valence-corrected chi connectivity index (χ4v) is 5.13. The summed E-state index contributed by atoms with van der Waals surface area (Å²) in [5.74, 6) is -0.677. The molecule has 39 heavy (non-hydrogen) atoms. The minimum atomic E-state index is -0.877. The number of hydrazine groups is 1. The number of anilines is 1. The average molecular weight is 547 g/mol. The summed E-state index contributed by atoms with van der Waals surface area (Å²) in [6.45, 7) is 5.92. The summed E-state index contributed by atoms with van der Waals surface area (Å²) in [6, 6.07) is 24.6. The Bertz CT molecular complexity index is 1290. The van der Waals surface area contributed by atoms with Crippen LogP contribution in [0.25, 0.3) is 0 Å². The van der Waals surface area contributed by atoms with Crippen molar-refractivity contribution in [3.8, 4) is 0 Å². The molecule has 1 saturated heterocycles. The molecule has 4 rings (SSSR count). The average Bonchev–Trinajstić information content (AvgIpc) is 3.01. The highest BCUT2D eigenvalue weighted by atomic mass is 35.5. The van der Waals surface area contributed by atoms with Gasteiger partial charge in [-0.25, -0.2) is 9.80 Å². The summed E-state index contributed by atoms with van der Waals surface area (Å²) in [5.41, 5.74) is 5.13. The predicted octanol–water partition coefficient (Wildman–Crippen LogP) is 6.45. The molecule has 4 amide bonds. The zero-order valence-electron chi connectivity index (χ0n) is 22.5. The summed E-state index contributed by atoms with van der Waals surface area (Å²) in [5, 5.41) is 7.54. The first-order valence-corrected chi connectivity index (χ1v) is 13.5. The Kier molecular flexibility index (Phi) is 8.92. The molecule has 0 saturated carbocycles. The topological polar surface area (TPSA) is 90.5 Å². The Morgan fingerprint density at radius 1 is 0.897 bits per heavy atom. The molecule has 3 unspecified atom stereocenters. The van der Waals surface area contributed by atoms with Gasteiger partial charge in [-0.15, -0.1) is 0 Å². The van der Waals surface area contributed by atoms with Gasteiger partial charge in [-0.1, -0.05) is 99.1 Å². The largest absolute Gasteiger partial charge is 0.326 e. The smallest absolute Gasteiger partial charge is 0.319 e. The number of nitrogens with zero attached hydrogens (tertiary/aromatic N) is 1. The third-order valence-electron chi connectivity index (χ3n) is 6.65. The van der Waals surface area contributed by atoms with Crippen molar-refractivity contribution in [1.82, 2.24) is 15.8 Å². The van der Waals surface area contributed by atoms with Crippen LogP contribution in [-0.4, -0.2) is 28.9 Å². The van der Waals surface area contributed by atoms with Crippen molar-refractivity contribution in [2.45, 2.75) is 58.0 Å². The van der Waals surface area contributed by atoms with Crippen molar-refractivity contribution in [2.24, 2.45) is 5.41 Å². The first-order chi connectivity index (χ1) is 18.6. The molecule has 0 radical (unpaired) electrons. The summed E-state index contributed by atoms with van der Waals surface area (Å²) in [7, 11) is 0. The first kappa shape index (κ1) is 28.2. The number of carbonyl (C=O) groups is 3. The van der Waals surface area contributed by atoms with Crippen molar-refractivity contribution < 1.29 is 14.4 Å². The lowest BCUT2D eigenvalue weighted by Gasteiger charge is -2.33. The van der Waals surface area contributed by atoms with Gasteiger partial charge in [0.05, 0.1) is 6.04 Å². The number of amides is 4. The van der Waals surface area contributed by atoms with Gasteiger partial charge in [0.1, 0.15) is 6.04 Å². The molecule has 204 valence electrons. The Morgan fingerprint density at radius 2 is 1.54 bits per heavy atom. The molecular weight excluding hydrogens is 512 g/mol. The number of hydrogen-bond donors (Lipinski definition) is 3. The summed E-state index contributed by atoms with van der Waals surface area (Å²) >= 11 is 6.07. The maximum atomic E-state index is 14.1. The van der Waals surface area contributed by atoms with Gasteiger partial charge in [0.25, 0.3) is 5.91 Å². The molecule has 1 fully saturated rings. The van der Waals surface area contributed by atoms with Gasteiger partial charge in [0.2, 0.25) is 5.91 Å². The van der Waals surface area contributed by atoms with E-state index in [1.54, 1.807) is 24.3 Å². The molecule has 0 aliphatic carbocycles. The van der Waals surface area contributed by atoms with Crippen LogP contribution in [0.2, 0.25) is 5.02 Å². The van der Waals surface area contributed by atoms with E-state index in [1.165, 1.54) is 5.01 Å². The highest BCUT2D eigenvalue weighted by molar-refractivity contribution is 6.30. The Hall–Kier alpha value is -3.84. The van der Waals surface area contributed by atoms with E-state index in [1.807, 2.05) is 81.4 Å². The molecule has 1 heterocycles. The second kappa shape index (κ2) is 12.3. The molecular formula is C31H35ClN4O3. The third kappa shape index (κ3) is 7.83. The van der Waals surface area contributed by atoms with Crippen LogP contribution < -0.4 is 16.1 Å². The van der Waals surface area contributed by atoms with Crippen LogP contribution in [0.15, 0.2) is 84.9 Å². The normalized spacial score (nSPS) is 19.6. The SMILES string of the molecule is CC(C)(C)CC(=O)NN1C(=O)C(NC(=O)Nc2cccc(Cl)c2)CC(c2ccccc2)CC1c1ccccc1. The number of benzene rings is 3. The van der Waals surface area contributed by atoms with E-state index < -0.39 is 18.1 Å². The maximum Gasteiger partial charge on any atom is 0.319 e. The van der Waals surface area contributed by atoms with Crippen LogP contribution in [0, 0.1) is 5.41 Å². The summed E-state index contributed by atoms with van der Waals surface area (Å²) in [6.07, 6.45) is 1.19. The van der Waals surface area contributed by atoms with Gasteiger partial charge >= 0.3 is 6.03 Å². The summed E-state index contributed by atoms with van der Waals surface area (Å²) in [4.78, 5) is 40.2. The molecule has 0 bridgehead atoms. The number of nitrogens with one attached hydrogen (secondary N) is 3. The number of urea groups is 1. The minimum Gasteiger partial charge on any atom is -0.326 e. The molecule has 3 N–H and O–H groups in total. The second-order valence-corrected chi connectivity index (χ2v) is 11.6. The van der Waals surface area contributed by atoms with Crippen LogP contribution in [0.3, 0.4) is 0 Å². The lowest BCUT2D eigenvalue weighted by Crippen LogP contribution is -2.55. The molecule has 1 aliphatic rings. The molecule has 7 nitrogen and oxygen atoms in total. The molecule has 0 aromatic heterocycles. The number of halogens is 1. The highest BCUT2D eigenvalue weighted by Gasteiger charge is 2.40. The first-order valence-electron chi connectivity index (χ1n) is 13.1. The Balaban J connectivity index is 1.68. The number of hydrogen-bond acceptors (Lipinski definition) is 3. The van der Waals surface area contributed by atoms with E-state index in [9.17, 15) is 14.4 Å². The van der Waals surface area contributed by atoms with Crippen LogP contribution in [0.5, 0.6) is 0 Å². The molecule has 0 spiro atoms. The molecule has 3 atom stereocenters. The van der Waals surface area contributed by atoms with Crippen LogP contribution >= 0.6 is 11.6 Å². The molecule has 1 aliphatic heterocycles. The number of carbonyl (C=O) groups excluding carboxylic acids is 3. The molecule has 8 heteroatoms. The van der Waals surface area contributed by atoms with E-state index in [0.29, 0.717) is 23.6 Å². The highest BCUT2D eigenvalue weighted by Crippen LogP contribution is 2.38. The van der Waals surface area contributed by atoms with E-state index in [2.05, 4.69) is 16.1 Å². The van der Waals surface area contributed by atoms with E-state index >= 15 is 0 Å². The lowest BCUT2D eigenvalue weighted by atomic mass is 9.86. The predicted molar refractivity (Wildman–Crippen MR) is 154 cm³/mol. The van der Waals surface area contributed by atoms with Crippen LogP contribution in [-0.2, 0) is 9.59 Å². The van der Waals surface area contributed by atoms with E-state index in [4.69, 9.17) is 11.6 Å². The molecule has 3 aromatic carbocycles. The standard InChI is InChI=1S/C31H35ClN4O3/c1-31(2,3)20-28(37)35-36-27(22-13-8-5-9-14-22)18-23(21-11-6-4-7-12-21)17-26(29(36)38)34-30(39)33-25-16-10-15-24(32)19-25/h4-16,19,23,26-27H,17-18,20H2,1-3H3,(H,35,37)(H2,33,34,39). The monoisotopic (exact) mass is 546 g/mol. The fraction of sp³-hybridized carbons (Fsp3) is 0.323. The zero-order chi connectivity index (χ0) is 28.0. The Labute approximate surface area is 234 Å². The van der Waals surface area contributed by atoms with Gasteiger partial charge in [-0.2, -0.15) is 0 Å². The van der Waals surface area contributed by atoms with Gasteiger partial charge in [0, 0.05) is 17.1 Å². The van der Waals surface area contributed by atoms with Crippen molar-refractivity contribution in [2.75, 3.05) is 5.32 Å². The van der Waals surface area contributed by atoms with Gasteiger partial charge in [-0.3, -0.25) is 15.0 Å². The van der Waals surface area contributed by atoms with Crippen LogP contribution in [0.1, 0.15) is 63.1 Å². The fourth-order valence-electron chi connectivity index (χ4n) is 4.94. The van der Waals surface area contributed by atoms with Crippen molar-refractivity contribution in [3.63, 3.8) is 0 Å². The van der Waals surface area contributed by atoms with Gasteiger partial charge in [0.15, 0.2) is 0 Å². The second-order valence-electron chi connectivity index (χ2n) is 11.1. The zero-order valence-corrected chi connectivity index (χ0v) is 23.2.